The molecule has 1 fully saturated rings. The first kappa shape index (κ1) is 11.3. The number of benzene rings is 1. The first-order valence-electron chi connectivity index (χ1n) is 4.76. The Balaban J connectivity index is 0.000000963. The van der Waals surface area contributed by atoms with Gasteiger partial charge in [0.15, 0.2) is 5.60 Å². The number of rotatable bonds is 1. The number of aliphatic hydroxyl groups is 1. The molecule has 0 bridgehead atoms. The van der Waals surface area contributed by atoms with Crippen LogP contribution >= 0.6 is 9.90 Å². The molecule has 1 aliphatic heterocycles. The van der Waals surface area contributed by atoms with Gasteiger partial charge in [0.1, 0.15) is 5.75 Å². The Kier molecular flexibility index (Phi) is 2.43. The molecule has 0 amide bonds. The average Bonchev–Trinajstić information content (AvgIpc) is 2.86. The number of phenols is 1. The number of epoxide rings is 1. The molecule has 3 rings (SSSR count). The van der Waals surface area contributed by atoms with Crippen LogP contribution in [-0.2, 0) is 10.3 Å². The predicted molar refractivity (Wildman–Crippen MR) is 65.2 cm³/mol. The molecule has 4 heteroatoms. The molecule has 3 atom stereocenters. The van der Waals surface area contributed by atoms with Crippen molar-refractivity contribution in [3.8, 4) is 5.75 Å². The molecule has 0 aromatic heterocycles. The molecule has 84 valence electrons. The van der Waals surface area contributed by atoms with E-state index in [4.69, 9.17) is 4.74 Å². The minimum Gasteiger partial charge on any atom is -0.508 e. The highest BCUT2D eigenvalue weighted by molar-refractivity contribution is 6.92. The van der Waals surface area contributed by atoms with Gasteiger partial charge in [-0.15, -0.1) is 0 Å². The molecule has 1 saturated heterocycles. The van der Waals surface area contributed by atoms with Gasteiger partial charge in [0.25, 0.3) is 0 Å². The lowest BCUT2D eigenvalue weighted by atomic mass is 9.89. The topological polar surface area (TPSA) is 53.0 Å². The average molecular weight is 236 g/mol. The number of phenolic OH excluding ortho intramolecular Hbond substituents is 1. The standard InChI is InChI=1S/C12H10O3.H3P/c13-10-6-2-1-5-9(10)11-7-3-4-8-12(11,14)15-11;/h1-8,13-14H;1H3. The molecule has 2 aliphatic rings. The Morgan fingerprint density at radius 2 is 1.75 bits per heavy atom. The van der Waals surface area contributed by atoms with E-state index in [1.165, 1.54) is 0 Å². The molecule has 0 spiro atoms. The Bertz CT molecular complexity index is 483. The maximum Gasteiger partial charge on any atom is 0.225 e. The molecular weight excluding hydrogens is 223 g/mol. The molecule has 3 unspecified atom stereocenters. The molecule has 3 nitrogen and oxygen atoms in total. The quantitative estimate of drug-likeness (QED) is 0.573. The second-order valence-corrected chi connectivity index (χ2v) is 3.77. The van der Waals surface area contributed by atoms with E-state index in [0.29, 0.717) is 5.56 Å². The van der Waals surface area contributed by atoms with Crippen molar-refractivity contribution in [3.63, 3.8) is 0 Å². The van der Waals surface area contributed by atoms with E-state index in [9.17, 15) is 10.2 Å². The number of para-hydroxylation sites is 1. The molecule has 1 heterocycles. The lowest BCUT2D eigenvalue weighted by Crippen LogP contribution is -2.21. The van der Waals surface area contributed by atoms with Crippen molar-refractivity contribution in [2.75, 3.05) is 0 Å². The van der Waals surface area contributed by atoms with Gasteiger partial charge < -0.3 is 14.9 Å². The third-order valence-electron chi connectivity index (χ3n) is 2.88. The van der Waals surface area contributed by atoms with Crippen molar-refractivity contribution in [3.05, 3.63) is 54.1 Å². The summed E-state index contributed by atoms with van der Waals surface area (Å²) >= 11 is 0. The Hall–Kier alpha value is -1.15. The monoisotopic (exact) mass is 236 g/mol. The third kappa shape index (κ3) is 1.26. The van der Waals surface area contributed by atoms with Gasteiger partial charge in [-0.2, -0.15) is 9.90 Å². The third-order valence-corrected chi connectivity index (χ3v) is 2.88. The molecule has 1 aromatic rings. The lowest BCUT2D eigenvalue weighted by Gasteiger charge is -2.13. The molecule has 0 radical (unpaired) electrons. The number of aromatic hydroxyl groups is 1. The van der Waals surface area contributed by atoms with Crippen molar-refractivity contribution in [1.29, 1.82) is 0 Å². The van der Waals surface area contributed by atoms with Crippen molar-refractivity contribution in [1.82, 2.24) is 0 Å². The number of allylic oxidation sites excluding steroid dienone is 2. The Labute approximate surface area is 96.7 Å². The fourth-order valence-corrected chi connectivity index (χ4v) is 2.03. The minimum absolute atomic E-state index is 0. The summed E-state index contributed by atoms with van der Waals surface area (Å²) in [6, 6.07) is 6.87. The van der Waals surface area contributed by atoms with Crippen LogP contribution in [0.15, 0.2) is 48.6 Å². The Morgan fingerprint density at radius 3 is 2.44 bits per heavy atom. The largest absolute Gasteiger partial charge is 0.508 e. The van der Waals surface area contributed by atoms with Crippen LogP contribution in [0.2, 0.25) is 0 Å². The maximum atomic E-state index is 10.0. The molecule has 1 aromatic carbocycles. The molecule has 2 N–H and O–H groups in total. The lowest BCUT2D eigenvalue weighted by molar-refractivity contribution is 0.0825. The summed E-state index contributed by atoms with van der Waals surface area (Å²) in [5.41, 5.74) is -0.305. The summed E-state index contributed by atoms with van der Waals surface area (Å²) < 4.78 is 5.34. The van der Waals surface area contributed by atoms with E-state index >= 15 is 0 Å². The summed E-state index contributed by atoms with van der Waals surface area (Å²) in [5.74, 6) is -1.16. The predicted octanol–water partition coefficient (Wildman–Crippen LogP) is 1.49. The van der Waals surface area contributed by atoms with Gasteiger partial charge in [-0.3, -0.25) is 0 Å². The van der Waals surface area contributed by atoms with E-state index in [-0.39, 0.29) is 15.6 Å². The first-order valence-corrected chi connectivity index (χ1v) is 4.76. The van der Waals surface area contributed by atoms with Gasteiger partial charge in [-0.25, -0.2) is 0 Å². The number of hydrogen-bond acceptors (Lipinski definition) is 3. The summed E-state index contributed by atoms with van der Waals surface area (Å²) in [6.07, 6.45) is 6.86. The minimum atomic E-state index is -1.29. The van der Waals surface area contributed by atoms with Crippen molar-refractivity contribution in [2.24, 2.45) is 0 Å². The van der Waals surface area contributed by atoms with Crippen LogP contribution in [0, 0.1) is 0 Å². The van der Waals surface area contributed by atoms with Crippen LogP contribution in [0.4, 0.5) is 0 Å². The van der Waals surface area contributed by atoms with Crippen molar-refractivity contribution < 1.29 is 14.9 Å². The van der Waals surface area contributed by atoms with Crippen LogP contribution in [0.25, 0.3) is 0 Å². The zero-order valence-electron chi connectivity index (χ0n) is 8.63. The summed E-state index contributed by atoms with van der Waals surface area (Å²) in [5, 5.41) is 19.7. The van der Waals surface area contributed by atoms with Gasteiger partial charge in [0, 0.05) is 5.56 Å². The van der Waals surface area contributed by atoms with Crippen LogP contribution in [0.5, 0.6) is 5.75 Å². The van der Waals surface area contributed by atoms with Gasteiger partial charge >= 0.3 is 0 Å². The zero-order valence-corrected chi connectivity index (χ0v) is 10.0. The van der Waals surface area contributed by atoms with E-state index in [2.05, 4.69) is 0 Å². The molecule has 0 saturated carbocycles. The summed E-state index contributed by atoms with van der Waals surface area (Å²) in [6.45, 7) is 0. The summed E-state index contributed by atoms with van der Waals surface area (Å²) in [7, 11) is 0. The van der Waals surface area contributed by atoms with Crippen LogP contribution in [0.1, 0.15) is 5.56 Å². The number of hydrogen-bond donors (Lipinski definition) is 2. The van der Waals surface area contributed by atoms with E-state index < -0.39 is 11.4 Å². The Morgan fingerprint density at radius 1 is 1.06 bits per heavy atom. The number of ether oxygens (including phenoxy) is 1. The normalized spacial score (nSPS) is 34.1. The van der Waals surface area contributed by atoms with E-state index in [1.807, 2.05) is 0 Å². The van der Waals surface area contributed by atoms with Crippen molar-refractivity contribution >= 4 is 9.90 Å². The first-order chi connectivity index (χ1) is 7.18. The highest BCUT2D eigenvalue weighted by atomic mass is 31.0. The van der Waals surface area contributed by atoms with Gasteiger partial charge in [-0.05, 0) is 18.2 Å². The van der Waals surface area contributed by atoms with Crippen molar-refractivity contribution in [2.45, 2.75) is 11.4 Å². The molecular formula is C12H13O3P. The van der Waals surface area contributed by atoms with Crippen LogP contribution in [0.3, 0.4) is 0 Å². The van der Waals surface area contributed by atoms with E-state index in [1.54, 1.807) is 48.6 Å². The molecule has 1 aliphatic carbocycles. The van der Waals surface area contributed by atoms with Gasteiger partial charge in [0.2, 0.25) is 5.79 Å². The molecule has 16 heavy (non-hydrogen) atoms. The highest BCUT2D eigenvalue weighted by Gasteiger charge is 2.69. The van der Waals surface area contributed by atoms with Gasteiger partial charge in [-0.1, -0.05) is 30.4 Å². The van der Waals surface area contributed by atoms with Gasteiger partial charge in [0.05, 0.1) is 0 Å². The smallest absolute Gasteiger partial charge is 0.225 e. The number of fused-ring (bicyclic) bond motifs is 1. The zero-order chi connectivity index (χ0) is 10.5. The SMILES string of the molecule is Oc1ccccc1C12C=CC=CC1(O)O2.P. The second kappa shape index (κ2) is 3.42. The fraction of sp³-hybridized carbons (Fsp3) is 0.167. The van der Waals surface area contributed by atoms with Crippen LogP contribution < -0.4 is 0 Å². The fourth-order valence-electron chi connectivity index (χ4n) is 2.03. The maximum absolute atomic E-state index is 10.0. The van der Waals surface area contributed by atoms with Crippen LogP contribution in [-0.4, -0.2) is 16.0 Å². The second-order valence-electron chi connectivity index (χ2n) is 3.77. The highest BCUT2D eigenvalue weighted by Crippen LogP contribution is 2.59. The van der Waals surface area contributed by atoms with E-state index in [0.717, 1.165) is 0 Å². The summed E-state index contributed by atoms with van der Waals surface area (Å²) in [4.78, 5) is 0.